The molecule has 0 amide bonds. The number of ketones is 2. The van der Waals surface area contributed by atoms with Gasteiger partial charge in [0.25, 0.3) is 0 Å². The molecule has 0 fully saturated rings. The molecule has 0 radical (unpaired) electrons. The van der Waals surface area contributed by atoms with Crippen LogP contribution in [0.25, 0.3) is 0 Å². The molecule has 1 aliphatic heterocycles. The van der Waals surface area contributed by atoms with Crippen molar-refractivity contribution in [2.75, 3.05) is 32.4 Å². The molecule has 10 heteroatoms. The number of methoxy groups -OCH3 is 3. The molecular weight excluding hydrogens is 504 g/mol. The minimum Gasteiger partial charge on any atom is -0.497 e. The second-order valence-corrected chi connectivity index (χ2v) is 11.0. The monoisotopic (exact) mass is 534 g/mol. The fourth-order valence-electron chi connectivity index (χ4n) is 5.06. The first-order valence-corrected chi connectivity index (χ1v) is 13.2. The zero-order valence-corrected chi connectivity index (χ0v) is 22.8. The highest BCUT2D eigenvalue weighted by atomic mass is 32.2. The van der Waals surface area contributed by atoms with Gasteiger partial charge in [0.1, 0.15) is 11.8 Å². The van der Waals surface area contributed by atoms with Gasteiger partial charge in [0.05, 0.1) is 27.1 Å². The first kappa shape index (κ1) is 25.8. The molecule has 38 heavy (non-hydrogen) atoms. The number of allylic oxidation sites excluding steroid dienone is 2. The van der Waals surface area contributed by atoms with Crippen molar-refractivity contribution < 1.29 is 23.8 Å². The van der Waals surface area contributed by atoms with Crippen molar-refractivity contribution in [2.24, 2.45) is 5.41 Å². The molecule has 0 bridgehead atoms. The number of rotatable bonds is 8. The summed E-state index contributed by atoms with van der Waals surface area (Å²) in [6.07, 6.45) is 1.13. The van der Waals surface area contributed by atoms with E-state index in [0.717, 1.165) is 11.3 Å². The number of thioether (sulfide) groups is 1. The smallest absolute Gasteiger partial charge is 0.227 e. The summed E-state index contributed by atoms with van der Waals surface area (Å²) in [6, 6.07) is 12.1. The minimum absolute atomic E-state index is 0.0428. The van der Waals surface area contributed by atoms with Crippen LogP contribution in [0.1, 0.15) is 48.7 Å². The van der Waals surface area contributed by atoms with E-state index >= 15 is 0 Å². The minimum atomic E-state index is -0.547. The summed E-state index contributed by atoms with van der Waals surface area (Å²) in [5.41, 5.74) is 2.65. The molecule has 1 aliphatic carbocycles. The van der Waals surface area contributed by atoms with Gasteiger partial charge in [-0.05, 0) is 42.2 Å². The largest absolute Gasteiger partial charge is 0.497 e. The van der Waals surface area contributed by atoms with Gasteiger partial charge in [-0.2, -0.15) is 4.98 Å². The molecule has 2 aromatic carbocycles. The number of hydrogen-bond acceptors (Lipinski definition) is 9. The van der Waals surface area contributed by atoms with Crippen molar-refractivity contribution in [3.8, 4) is 17.2 Å². The Balaban J connectivity index is 1.51. The van der Waals surface area contributed by atoms with Crippen LogP contribution in [-0.2, 0) is 4.79 Å². The average molecular weight is 535 g/mol. The zero-order chi connectivity index (χ0) is 27.0. The van der Waals surface area contributed by atoms with Gasteiger partial charge in [0.15, 0.2) is 23.1 Å². The van der Waals surface area contributed by atoms with Gasteiger partial charge in [-0.1, -0.05) is 37.7 Å². The van der Waals surface area contributed by atoms with Gasteiger partial charge >= 0.3 is 0 Å². The van der Waals surface area contributed by atoms with Crippen molar-refractivity contribution >= 4 is 29.3 Å². The summed E-state index contributed by atoms with van der Waals surface area (Å²) in [6.45, 7) is 4.17. The van der Waals surface area contributed by atoms with Gasteiger partial charge < -0.3 is 19.5 Å². The van der Waals surface area contributed by atoms with E-state index in [9.17, 15) is 9.59 Å². The van der Waals surface area contributed by atoms with Gasteiger partial charge in [0, 0.05) is 28.8 Å². The molecule has 0 saturated heterocycles. The van der Waals surface area contributed by atoms with E-state index in [1.807, 2.05) is 18.2 Å². The normalized spacial score (nSPS) is 17.8. The summed E-state index contributed by atoms with van der Waals surface area (Å²) < 4.78 is 18.2. The van der Waals surface area contributed by atoms with Crippen LogP contribution in [0, 0.1) is 5.41 Å². The topological polar surface area (TPSA) is 105 Å². The molecule has 1 N–H and O–H groups in total. The van der Waals surface area contributed by atoms with Gasteiger partial charge in [0.2, 0.25) is 11.1 Å². The van der Waals surface area contributed by atoms with Crippen LogP contribution in [0.4, 0.5) is 5.95 Å². The second kappa shape index (κ2) is 10.2. The third-order valence-corrected chi connectivity index (χ3v) is 7.62. The lowest BCUT2D eigenvalue weighted by atomic mass is 9.73. The maximum Gasteiger partial charge on any atom is 0.227 e. The molecule has 0 saturated carbocycles. The number of hydrogen-bond donors (Lipinski definition) is 1. The van der Waals surface area contributed by atoms with Crippen LogP contribution < -0.4 is 19.5 Å². The molecule has 5 rings (SSSR count). The van der Waals surface area contributed by atoms with Crippen LogP contribution in [0.15, 0.2) is 58.9 Å². The lowest BCUT2D eigenvalue weighted by Crippen LogP contribution is -2.36. The highest BCUT2D eigenvalue weighted by Gasteiger charge is 2.43. The van der Waals surface area contributed by atoms with E-state index in [1.54, 1.807) is 50.3 Å². The number of anilines is 1. The van der Waals surface area contributed by atoms with Crippen molar-refractivity contribution in [1.82, 2.24) is 14.8 Å². The number of nitrogens with one attached hydrogen (secondary N) is 1. The molecule has 1 atom stereocenters. The highest BCUT2D eigenvalue weighted by molar-refractivity contribution is 7.99. The van der Waals surface area contributed by atoms with Gasteiger partial charge in [-0.15, -0.1) is 5.10 Å². The third-order valence-electron chi connectivity index (χ3n) is 6.78. The van der Waals surface area contributed by atoms with Crippen LogP contribution in [0.2, 0.25) is 0 Å². The summed E-state index contributed by atoms with van der Waals surface area (Å²) >= 11 is 1.25. The van der Waals surface area contributed by atoms with Crippen molar-refractivity contribution in [3.63, 3.8) is 0 Å². The van der Waals surface area contributed by atoms with E-state index in [4.69, 9.17) is 24.3 Å². The SMILES string of the molecule is COc1ccc(C(=O)CSc2nc3n(n2)C(c2cccc(OC)c2OC)C2=C(CC(C)(C)CC2=O)N3)cc1. The zero-order valence-electron chi connectivity index (χ0n) is 22.0. The Morgan fingerprint density at radius 1 is 1.08 bits per heavy atom. The molecule has 9 nitrogen and oxygen atoms in total. The number of para-hydroxylation sites is 1. The molecular formula is C28H30N4O5S. The number of carbonyl (C=O) groups excluding carboxylic acids is 2. The Bertz CT molecular complexity index is 1430. The molecule has 2 aliphatic rings. The van der Waals surface area contributed by atoms with Crippen molar-refractivity contribution in [3.05, 3.63) is 64.9 Å². The van der Waals surface area contributed by atoms with Crippen molar-refractivity contribution in [1.29, 1.82) is 0 Å². The van der Waals surface area contributed by atoms with E-state index in [1.165, 1.54) is 11.8 Å². The Morgan fingerprint density at radius 3 is 2.53 bits per heavy atom. The first-order chi connectivity index (χ1) is 18.2. The third kappa shape index (κ3) is 4.76. The lowest BCUT2D eigenvalue weighted by Gasteiger charge is -2.38. The van der Waals surface area contributed by atoms with Gasteiger partial charge in [-0.3, -0.25) is 9.59 Å². The van der Waals surface area contributed by atoms with Crippen LogP contribution in [-0.4, -0.2) is 53.4 Å². The summed E-state index contributed by atoms with van der Waals surface area (Å²) in [5.74, 6) is 2.50. The molecule has 1 aromatic heterocycles. The predicted octanol–water partition coefficient (Wildman–Crippen LogP) is 4.94. The summed E-state index contributed by atoms with van der Waals surface area (Å²) in [5, 5.41) is 8.55. The molecule has 0 spiro atoms. The number of benzene rings is 2. The van der Waals surface area contributed by atoms with Crippen LogP contribution >= 0.6 is 11.8 Å². The Morgan fingerprint density at radius 2 is 1.84 bits per heavy atom. The highest BCUT2D eigenvalue weighted by Crippen LogP contribution is 2.48. The average Bonchev–Trinajstić information content (AvgIpc) is 3.31. The molecule has 198 valence electrons. The fourth-order valence-corrected chi connectivity index (χ4v) is 5.78. The lowest BCUT2D eigenvalue weighted by molar-refractivity contribution is -0.118. The molecule has 3 aromatic rings. The standard InChI is InChI=1S/C28H30N4O5S/c1-28(2)13-19-23(20(33)14-28)24(18-7-6-8-22(36-4)25(18)37-5)32-26(29-19)30-27(31-32)38-15-21(34)16-9-11-17(35-3)12-10-16/h6-12,24H,13-15H2,1-5H3,(H,29,30,31). The van der Waals surface area contributed by atoms with E-state index in [-0.39, 0.29) is 22.7 Å². The number of fused-ring (bicyclic) bond motifs is 1. The second-order valence-electron chi connectivity index (χ2n) is 10.0. The number of nitrogens with zero attached hydrogens (tertiary/aromatic N) is 3. The maximum absolute atomic E-state index is 13.5. The Kier molecular flexibility index (Phi) is 6.92. The number of aromatic nitrogens is 3. The van der Waals surface area contributed by atoms with Gasteiger partial charge in [-0.25, -0.2) is 4.68 Å². The van der Waals surface area contributed by atoms with Crippen LogP contribution in [0.5, 0.6) is 17.2 Å². The predicted molar refractivity (Wildman–Crippen MR) is 144 cm³/mol. The van der Waals surface area contributed by atoms with E-state index in [2.05, 4.69) is 19.2 Å². The van der Waals surface area contributed by atoms with Crippen LogP contribution in [0.3, 0.4) is 0 Å². The number of Topliss-reactive ketones (excluding diaryl/α,β-unsaturated/α-hetero) is 2. The Hall–Kier alpha value is -3.79. The van der Waals surface area contributed by atoms with Crippen molar-refractivity contribution in [2.45, 2.75) is 37.9 Å². The van der Waals surface area contributed by atoms with E-state index < -0.39 is 6.04 Å². The maximum atomic E-state index is 13.5. The number of carbonyl (C=O) groups is 2. The quantitative estimate of drug-likeness (QED) is 0.318. The first-order valence-electron chi connectivity index (χ1n) is 12.3. The fraction of sp³-hybridized carbons (Fsp3) is 0.357. The summed E-state index contributed by atoms with van der Waals surface area (Å²) in [7, 11) is 4.75. The van der Waals surface area contributed by atoms with E-state index in [0.29, 0.717) is 52.3 Å². The molecule has 1 unspecified atom stereocenters. The molecule has 2 heterocycles. The number of ether oxygens (including phenoxy) is 3. The Labute approximate surface area is 225 Å². The summed E-state index contributed by atoms with van der Waals surface area (Å²) in [4.78, 5) is 31.0.